The highest BCUT2D eigenvalue weighted by Gasteiger charge is 2.21. The first-order valence-electron chi connectivity index (χ1n) is 8.06. The van der Waals surface area contributed by atoms with E-state index in [9.17, 15) is 19.2 Å². The van der Waals surface area contributed by atoms with E-state index in [1.165, 1.54) is 12.1 Å². The molecule has 1 atom stereocenters. The molecule has 1 aromatic rings. The Bertz CT molecular complexity index is 674. The van der Waals surface area contributed by atoms with Crippen LogP contribution < -0.4 is 16.6 Å². The zero-order chi connectivity index (χ0) is 19.7. The maximum atomic E-state index is 11.8. The van der Waals surface area contributed by atoms with Crippen LogP contribution in [-0.2, 0) is 19.1 Å². The monoisotopic (exact) mass is 368 g/mol. The Hall–Kier alpha value is -2.75. The molecule has 1 aromatic heterocycles. The van der Waals surface area contributed by atoms with Crippen molar-refractivity contribution in [3.63, 3.8) is 0 Å². The molecule has 0 fully saturated rings. The van der Waals surface area contributed by atoms with Gasteiger partial charge in [-0.05, 0) is 33.3 Å². The number of alkyl carbamates (subject to hydrolysis) is 1. The van der Waals surface area contributed by atoms with E-state index in [2.05, 4.69) is 20.3 Å². The smallest absolute Gasteiger partial charge is 0.407 e. The molecule has 4 N–H and O–H groups in total. The highest BCUT2D eigenvalue weighted by Crippen LogP contribution is 2.21. The molecule has 1 amide bonds. The number of aromatic amines is 1. The molecule has 0 saturated heterocycles. The summed E-state index contributed by atoms with van der Waals surface area (Å²) in [6, 6.07) is 2.74. The van der Waals surface area contributed by atoms with Crippen LogP contribution in [0.2, 0.25) is 0 Å². The molecule has 0 aliphatic rings. The van der Waals surface area contributed by atoms with Crippen LogP contribution in [0.25, 0.3) is 0 Å². The molecule has 1 heterocycles. The second-order valence-electron chi connectivity index (χ2n) is 6.51. The molecular weight excluding hydrogens is 344 g/mol. The third-order valence-electron chi connectivity index (χ3n) is 3.09. The number of nitrogens with two attached hydrogens (primary N) is 1. The Labute approximate surface area is 150 Å². The summed E-state index contributed by atoms with van der Waals surface area (Å²) >= 11 is 0. The standard InChI is InChI=1S/C16H24N4O6/c1-16(2,3)26-15(24)18-7-6-10(8-13(22)25-14(23)9-17)11-4-5-12(21)20-19-11/h4-5,10H,6-9,17H2,1-3H3,(H,18,24)(H,20,21). The first-order valence-corrected chi connectivity index (χ1v) is 8.06. The van der Waals surface area contributed by atoms with Gasteiger partial charge in [0.25, 0.3) is 5.56 Å². The lowest BCUT2D eigenvalue weighted by atomic mass is 9.97. The minimum absolute atomic E-state index is 0.166. The van der Waals surface area contributed by atoms with Gasteiger partial charge >= 0.3 is 18.0 Å². The maximum absolute atomic E-state index is 11.8. The highest BCUT2D eigenvalue weighted by atomic mass is 16.6. The van der Waals surface area contributed by atoms with Crippen molar-refractivity contribution in [3.05, 3.63) is 28.2 Å². The molecule has 1 unspecified atom stereocenters. The zero-order valence-corrected chi connectivity index (χ0v) is 15.0. The van der Waals surface area contributed by atoms with Crippen molar-refractivity contribution in [1.82, 2.24) is 15.5 Å². The molecule has 10 nitrogen and oxygen atoms in total. The molecular formula is C16H24N4O6. The fourth-order valence-corrected chi connectivity index (χ4v) is 2.01. The Kier molecular flexibility index (Phi) is 7.91. The van der Waals surface area contributed by atoms with Crippen LogP contribution in [0.1, 0.15) is 45.2 Å². The summed E-state index contributed by atoms with van der Waals surface area (Å²) in [5, 5.41) is 8.74. The van der Waals surface area contributed by atoms with Gasteiger partial charge in [-0.3, -0.25) is 14.4 Å². The van der Waals surface area contributed by atoms with Gasteiger partial charge in [0, 0.05) is 18.5 Å². The predicted molar refractivity (Wildman–Crippen MR) is 91.2 cm³/mol. The number of carbonyl (C=O) groups excluding carboxylic acids is 3. The molecule has 10 heteroatoms. The molecule has 0 saturated carbocycles. The van der Waals surface area contributed by atoms with Crippen LogP contribution in [0.3, 0.4) is 0 Å². The summed E-state index contributed by atoms with van der Waals surface area (Å²) in [6.45, 7) is 5.00. The van der Waals surface area contributed by atoms with Gasteiger partial charge in [-0.25, -0.2) is 9.89 Å². The first kappa shape index (κ1) is 21.3. The predicted octanol–water partition coefficient (Wildman–Crippen LogP) is 0.187. The third kappa shape index (κ3) is 8.38. The molecule has 0 aliphatic carbocycles. The van der Waals surface area contributed by atoms with E-state index in [1.54, 1.807) is 20.8 Å². The highest BCUT2D eigenvalue weighted by molar-refractivity contribution is 5.86. The molecule has 144 valence electrons. The lowest BCUT2D eigenvalue weighted by Crippen LogP contribution is -2.33. The lowest BCUT2D eigenvalue weighted by Gasteiger charge is -2.20. The first-order chi connectivity index (χ1) is 12.1. The fraction of sp³-hybridized carbons (Fsp3) is 0.562. The number of nitrogens with zero attached hydrogens (tertiary/aromatic N) is 1. The molecule has 26 heavy (non-hydrogen) atoms. The van der Waals surface area contributed by atoms with Gasteiger partial charge in [0.15, 0.2) is 0 Å². The van der Waals surface area contributed by atoms with Gasteiger partial charge in [-0.1, -0.05) is 0 Å². The zero-order valence-electron chi connectivity index (χ0n) is 15.0. The minimum atomic E-state index is -0.838. The largest absolute Gasteiger partial charge is 0.444 e. The Morgan fingerprint density at radius 2 is 1.96 bits per heavy atom. The van der Waals surface area contributed by atoms with Crippen LogP contribution in [0.15, 0.2) is 16.9 Å². The maximum Gasteiger partial charge on any atom is 0.407 e. The fourth-order valence-electron chi connectivity index (χ4n) is 2.01. The van der Waals surface area contributed by atoms with Gasteiger partial charge in [0.1, 0.15) is 5.60 Å². The SMILES string of the molecule is CC(C)(C)OC(=O)NCCC(CC(=O)OC(=O)CN)c1ccc(=O)[nH]n1. The minimum Gasteiger partial charge on any atom is -0.444 e. The van der Waals surface area contributed by atoms with Crippen molar-refractivity contribution in [2.75, 3.05) is 13.1 Å². The Morgan fingerprint density at radius 3 is 2.50 bits per heavy atom. The van der Waals surface area contributed by atoms with E-state index >= 15 is 0 Å². The number of hydrogen-bond acceptors (Lipinski definition) is 8. The molecule has 0 radical (unpaired) electrons. The second-order valence-corrected chi connectivity index (χ2v) is 6.51. The van der Waals surface area contributed by atoms with Crippen LogP contribution in [0, 0.1) is 0 Å². The van der Waals surface area contributed by atoms with Crippen molar-refractivity contribution in [2.45, 2.75) is 45.1 Å². The number of amides is 1. The molecule has 0 spiro atoms. The Balaban J connectivity index is 2.70. The van der Waals surface area contributed by atoms with Gasteiger partial charge < -0.3 is 20.5 Å². The second kappa shape index (κ2) is 9.66. The normalized spacial score (nSPS) is 12.2. The lowest BCUT2D eigenvalue weighted by molar-refractivity contribution is -0.158. The van der Waals surface area contributed by atoms with Crippen LogP contribution in [0.5, 0.6) is 0 Å². The van der Waals surface area contributed by atoms with E-state index < -0.39 is 36.1 Å². The number of esters is 2. The van der Waals surface area contributed by atoms with Crippen molar-refractivity contribution >= 4 is 18.0 Å². The van der Waals surface area contributed by atoms with Gasteiger partial charge in [-0.15, -0.1) is 0 Å². The van der Waals surface area contributed by atoms with E-state index in [1.807, 2.05) is 0 Å². The number of nitrogens with one attached hydrogen (secondary N) is 2. The summed E-state index contributed by atoms with van der Waals surface area (Å²) < 4.78 is 9.68. The average molecular weight is 368 g/mol. The summed E-state index contributed by atoms with van der Waals surface area (Å²) in [5.41, 5.74) is 4.51. The quantitative estimate of drug-likeness (QED) is 0.455. The van der Waals surface area contributed by atoms with Crippen LogP contribution in [0.4, 0.5) is 4.79 Å². The number of carbonyl (C=O) groups is 3. The summed E-state index contributed by atoms with van der Waals surface area (Å²) in [6.07, 6.45) is -0.447. The molecule has 1 rings (SSSR count). The topological polar surface area (TPSA) is 153 Å². The number of ether oxygens (including phenoxy) is 2. The molecule has 0 aliphatic heterocycles. The number of rotatable bonds is 7. The Morgan fingerprint density at radius 1 is 1.27 bits per heavy atom. The van der Waals surface area contributed by atoms with E-state index in [-0.39, 0.29) is 18.5 Å². The molecule has 0 bridgehead atoms. The summed E-state index contributed by atoms with van der Waals surface area (Å²) in [7, 11) is 0. The van der Waals surface area contributed by atoms with Crippen molar-refractivity contribution in [1.29, 1.82) is 0 Å². The van der Waals surface area contributed by atoms with E-state index in [0.29, 0.717) is 12.1 Å². The average Bonchev–Trinajstić information content (AvgIpc) is 2.52. The van der Waals surface area contributed by atoms with E-state index in [4.69, 9.17) is 10.5 Å². The van der Waals surface area contributed by atoms with Crippen LogP contribution in [-0.4, -0.2) is 46.9 Å². The van der Waals surface area contributed by atoms with Gasteiger partial charge in [0.2, 0.25) is 0 Å². The summed E-state index contributed by atoms with van der Waals surface area (Å²) in [5.74, 6) is -2.09. The number of hydrogen-bond donors (Lipinski definition) is 3. The van der Waals surface area contributed by atoms with Gasteiger partial charge in [0.05, 0.1) is 18.7 Å². The van der Waals surface area contributed by atoms with Crippen molar-refractivity contribution < 1.29 is 23.9 Å². The van der Waals surface area contributed by atoms with Crippen molar-refractivity contribution in [3.8, 4) is 0 Å². The van der Waals surface area contributed by atoms with Crippen LogP contribution >= 0.6 is 0 Å². The van der Waals surface area contributed by atoms with Crippen molar-refractivity contribution in [2.24, 2.45) is 5.73 Å². The number of aromatic nitrogens is 2. The summed E-state index contributed by atoms with van der Waals surface area (Å²) in [4.78, 5) is 45.8. The molecule has 0 aromatic carbocycles. The van der Waals surface area contributed by atoms with E-state index in [0.717, 1.165) is 0 Å². The number of H-pyrrole nitrogens is 1. The third-order valence-corrected chi connectivity index (χ3v) is 3.09. The van der Waals surface area contributed by atoms with Gasteiger partial charge in [-0.2, -0.15) is 5.10 Å².